The Morgan fingerprint density at radius 1 is 1.03 bits per heavy atom. The van der Waals surface area contributed by atoms with E-state index in [1.165, 1.54) is 12.1 Å². The third kappa shape index (κ3) is 4.48. The van der Waals surface area contributed by atoms with Crippen molar-refractivity contribution >= 4 is 34.8 Å². The highest BCUT2D eigenvalue weighted by molar-refractivity contribution is 6.35. The van der Waals surface area contributed by atoms with Crippen LogP contribution in [-0.4, -0.2) is 18.0 Å². The Labute approximate surface area is 190 Å². The van der Waals surface area contributed by atoms with Gasteiger partial charge in [0.15, 0.2) is 0 Å². The smallest absolute Gasteiger partial charge is 0.243 e. The summed E-state index contributed by atoms with van der Waals surface area (Å²) in [5.74, 6) is 0.446. The topological polar surface area (TPSA) is 55.6 Å². The highest BCUT2D eigenvalue weighted by Gasteiger charge is 2.46. The highest BCUT2D eigenvalue weighted by Crippen LogP contribution is 2.39. The van der Waals surface area contributed by atoms with Crippen LogP contribution in [0.1, 0.15) is 18.4 Å². The number of carbonyl (C=O) groups excluding carboxylic acids is 1. The summed E-state index contributed by atoms with van der Waals surface area (Å²) in [4.78, 5) is 14.7. The summed E-state index contributed by atoms with van der Waals surface area (Å²) in [6.45, 7) is 0.701. The average molecular weight is 459 g/mol. The average Bonchev–Trinajstić information content (AvgIpc) is 3.17. The van der Waals surface area contributed by atoms with Crippen LogP contribution in [0.4, 0.5) is 10.1 Å². The van der Waals surface area contributed by atoms with Crippen molar-refractivity contribution in [2.45, 2.75) is 24.8 Å². The molecule has 160 valence electrons. The zero-order valence-corrected chi connectivity index (χ0v) is 18.2. The molecule has 0 unspecified atom stereocenters. The molecule has 1 saturated heterocycles. The van der Waals surface area contributed by atoms with Crippen molar-refractivity contribution in [1.29, 1.82) is 0 Å². The van der Waals surface area contributed by atoms with Crippen LogP contribution in [0.15, 0.2) is 66.7 Å². The van der Waals surface area contributed by atoms with Crippen LogP contribution in [0, 0.1) is 5.82 Å². The Balaban J connectivity index is 1.59. The van der Waals surface area contributed by atoms with Crippen LogP contribution in [-0.2, 0) is 11.2 Å². The quantitative estimate of drug-likeness (QED) is 0.493. The molecule has 2 N–H and O–H groups in total. The second-order valence-electron chi connectivity index (χ2n) is 7.61. The number of primary amides is 1. The summed E-state index contributed by atoms with van der Waals surface area (Å²) in [5, 5.41) is 1.06. The van der Waals surface area contributed by atoms with Crippen molar-refractivity contribution in [1.82, 2.24) is 0 Å². The molecule has 1 amide bonds. The lowest BCUT2D eigenvalue weighted by molar-refractivity contribution is -0.122. The maximum absolute atomic E-state index is 13.1. The van der Waals surface area contributed by atoms with Crippen LogP contribution < -0.4 is 15.4 Å². The van der Waals surface area contributed by atoms with Crippen molar-refractivity contribution < 1.29 is 13.9 Å². The van der Waals surface area contributed by atoms with Crippen molar-refractivity contribution in [2.24, 2.45) is 5.73 Å². The van der Waals surface area contributed by atoms with Gasteiger partial charge >= 0.3 is 0 Å². The molecule has 0 aromatic heterocycles. The number of rotatable bonds is 6. The molecule has 1 atom stereocenters. The van der Waals surface area contributed by atoms with Gasteiger partial charge < -0.3 is 15.4 Å². The van der Waals surface area contributed by atoms with E-state index in [9.17, 15) is 9.18 Å². The van der Waals surface area contributed by atoms with E-state index in [1.807, 2.05) is 35.2 Å². The molecule has 4 nitrogen and oxygen atoms in total. The van der Waals surface area contributed by atoms with E-state index in [4.69, 9.17) is 33.7 Å². The Morgan fingerprint density at radius 3 is 2.29 bits per heavy atom. The number of hydrogen-bond acceptors (Lipinski definition) is 3. The molecule has 1 aliphatic heterocycles. The van der Waals surface area contributed by atoms with Gasteiger partial charge in [-0.2, -0.15) is 0 Å². The fourth-order valence-corrected chi connectivity index (χ4v) is 4.57. The molecule has 0 spiro atoms. The first-order valence-electron chi connectivity index (χ1n) is 9.92. The van der Waals surface area contributed by atoms with Gasteiger partial charge in [-0.15, -0.1) is 0 Å². The zero-order chi connectivity index (χ0) is 22.0. The normalized spacial score (nSPS) is 18.2. The predicted octanol–water partition coefficient (Wildman–Crippen LogP) is 5.99. The number of ether oxygens (including phenoxy) is 1. The number of carbonyl (C=O) groups is 1. The molecule has 1 fully saturated rings. The molecular formula is C24H21Cl2FN2O2. The van der Waals surface area contributed by atoms with Crippen LogP contribution in [0.3, 0.4) is 0 Å². The van der Waals surface area contributed by atoms with Crippen molar-refractivity contribution in [3.63, 3.8) is 0 Å². The maximum atomic E-state index is 13.1. The van der Waals surface area contributed by atoms with Gasteiger partial charge in [0.05, 0.1) is 0 Å². The number of hydrogen-bond donors (Lipinski definition) is 1. The highest BCUT2D eigenvalue weighted by atomic mass is 35.5. The molecule has 3 aromatic rings. The second kappa shape index (κ2) is 8.77. The molecular weight excluding hydrogens is 438 g/mol. The number of amides is 1. The summed E-state index contributed by atoms with van der Waals surface area (Å²) in [5.41, 5.74) is 6.74. The van der Waals surface area contributed by atoms with Crippen molar-refractivity contribution in [3.8, 4) is 11.5 Å². The molecule has 1 aliphatic rings. The van der Waals surface area contributed by atoms with Crippen molar-refractivity contribution in [2.75, 3.05) is 11.4 Å². The van der Waals surface area contributed by atoms with Gasteiger partial charge in [-0.25, -0.2) is 4.39 Å². The molecule has 1 heterocycles. The van der Waals surface area contributed by atoms with Crippen molar-refractivity contribution in [3.05, 3.63) is 88.2 Å². The Bertz CT molecular complexity index is 1090. The minimum absolute atomic E-state index is 0.319. The van der Waals surface area contributed by atoms with Gasteiger partial charge in [-0.05, 0) is 79.1 Å². The summed E-state index contributed by atoms with van der Waals surface area (Å²) >= 11 is 12.4. The fourth-order valence-electron chi connectivity index (χ4n) is 4.09. The van der Waals surface area contributed by atoms with E-state index >= 15 is 0 Å². The number of anilines is 1. The number of halogens is 3. The van der Waals surface area contributed by atoms with E-state index in [2.05, 4.69) is 0 Å². The van der Waals surface area contributed by atoms with E-state index in [0.717, 1.165) is 17.7 Å². The lowest BCUT2D eigenvalue weighted by atomic mass is 9.87. The zero-order valence-electron chi connectivity index (χ0n) is 16.7. The van der Waals surface area contributed by atoms with Gasteiger partial charge in [-0.3, -0.25) is 4.79 Å². The summed E-state index contributed by atoms with van der Waals surface area (Å²) in [7, 11) is 0. The number of nitrogens with zero attached hydrogens (tertiary/aromatic N) is 1. The first-order valence-corrected chi connectivity index (χ1v) is 10.7. The Kier molecular flexibility index (Phi) is 6.08. The lowest BCUT2D eigenvalue weighted by Crippen LogP contribution is -2.55. The largest absolute Gasteiger partial charge is 0.457 e. The molecule has 0 radical (unpaired) electrons. The maximum Gasteiger partial charge on any atom is 0.243 e. The first-order chi connectivity index (χ1) is 14.9. The van der Waals surface area contributed by atoms with E-state index in [1.54, 1.807) is 24.3 Å². The molecule has 0 bridgehead atoms. The van der Waals surface area contributed by atoms with Gasteiger partial charge in [0, 0.05) is 28.7 Å². The van der Waals surface area contributed by atoms with Crippen LogP contribution in [0.25, 0.3) is 0 Å². The Morgan fingerprint density at radius 2 is 1.68 bits per heavy atom. The van der Waals surface area contributed by atoms with Gasteiger partial charge in [-0.1, -0.05) is 29.3 Å². The monoisotopic (exact) mass is 458 g/mol. The van der Waals surface area contributed by atoms with E-state index in [-0.39, 0.29) is 11.7 Å². The summed E-state index contributed by atoms with van der Waals surface area (Å²) < 4.78 is 18.8. The fraction of sp³-hybridized carbons (Fsp3) is 0.208. The number of nitrogens with two attached hydrogens (primary N) is 1. The third-order valence-corrected chi connectivity index (χ3v) is 6.23. The molecule has 7 heteroatoms. The molecule has 0 aliphatic carbocycles. The van der Waals surface area contributed by atoms with Crippen LogP contribution in [0.2, 0.25) is 10.0 Å². The lowest BCUT2D eigenvalue weighted by Gasteiger charge is -2.38. The van der Waals surface area contributed by atoms with E-state index in [0.29, 0.717) is 40.9 Å². The minimum atomic E-state index is -0.878. The van der Waals surface area contributed by atoms with Gasteiger partial charge in [0.25, 0.3) is 0 Å². The molecule has 3 aromatic carbocycles. The predicted molar refractivity (Wildman–Crippen MR) is 122 cm³/mol. The number of benzene rings is 3. The van der Waals surface area contributed by atoms with Gasteiger partial charge in [0.2, 0.25) is 5.91 Å². The molecule has 0 saturated carbocycles. The molecule has 31 heavy (non-hydrogen) atoms. The SMILES string of the molecule is NC(=O)[C@@]1(Cc2ccc(Cl)cc2Cl)CCCN1c1ccc(Oc2ccc(F)cc2)cc1. The first kappa shape index (κ1) is 21.5. The minimum Gasteiger partial charge on any atom is -0.457 e. The third-order valence-electron chi connectivity index (χ3n) is 5.64. The summed E-state index contributed by atoms with van der Waals surface area (Å²) in [6, 6.07) is 18.5. The Hall–Kier alpha value is -2.76. The molecule has 4 rings (SSSR count). The van der Waals surface area contributed by atoms with Gasteiger partial charge in [0.1, 0.15) is 22.9 Å². The standard InChI is InChI=1S/C24H21Cl2FN2O2/c25-17-3-2-16(22(26)14-17)15-24(23(28)30)12-1-13-29(24)19-6-10-21(11-7-19)31-20-8-4-18(27)5-9-20/h2-11,14H,1,12-13,15H2,(H2,28,30)/t24-/m0/s1. The van der Waals surface area contributed by atoms with Crippen LogP contribution in [0.5, 0.6) is 11.5 Å². The summed E-state index contributed by atoms with van der Waals surface area (Å²) in [6.07, 6.45) is 1.86. The second-order valence-corrected chi connectivity index (χ2v) is 8.46. The van der Waals surface area contributed by atoms with E-state index < -0.39 is 5.54 Å². The van der Waals surface area contributed by atoms with Crippen LogP contribution >= 0.6 is 23.2 Å².